The van der Waals surface area contributed by atoms with Gasteiger partial charge in [-0.3, -0.25) is 0 Å². The maximum absolute atomic E-state index is 7.62. The van der Waals surface area contributed by atoms with Gasteiger partial charge in [-0.25, -0.2) is 0 Å². The number of aliphatic hydroxyl groups is 8. The predicted octanol–water partition coefficient (Wildman–Crippen LogP) is 0.331. The third kappa shape index (κ3) is 96.1. The van der Waals surface area contributed by atoms with Gasteiger partial charge in [0.1, 0.15) is 0 Å². The lowest BCUT2D eigenvalue weighted by molar-refractivity contribution is 0.186. The summed E-state index contributed by atoms with van der Waals surface area (Å²) in [5, 5.41) is 61.0. The topological polar surface area (TPSA) is 162 Å². The minimum Gasteiger partial charge on any atom is -0.394 e. The molecule has 0 atom stereocenters. The summed E-state index contributed by atoms with van der Waals surface area (Å²) in [5.41, 5.74) is 0. The Kier molecular flexibility index (Phi) is 77.7. The van der Waals surface area contributed by atoms with Crippen molar-refractivity contribution >= 4 is 12.6 Å². The maximum Gasteiger partial charge on any atom is 0.0662 e. The van der Waals surface area contributed by atoms with Crippen molar-refractivity contribution in [2.75, 3.05) is 58.6 Å². The molecule has 0 spiro atoms. The van der Waals surface area contributed by atoms with E-state index in [1.807, 2.05) is 0 Å². The number of unbranched alkanes of at least 4 members (excludes halogenated alkanes) is 8. The molecule has 178 valence electrons. The van der Waals surface area contributed by atoms with Gasteiger partial charge >= 0.3 is 0 Å². The molecule has 0 aliphatic heterocycles. The van der Waals surface area contributed by atoms with E-state index in [-0.39, 0.29) is 52.9 Å². The Balaban J connectivity index is -0.0000000910. The highest BCUT2D eigenvalue weighted by molar-refractivity contribution is 7.80. The van der Waals surface area contributed by atoms with Crippen LogP contribution >= 0.6 is 12.6 Å². The van der Waals surface area contributed by atoms with Crippen LogP contribution in [0.1, 0.15) is 64.7 Å². The monoisotopic (exact) mass is 436 g/mol. The average Bonchev–Trinajstić information content (AvgIpc) is 2.76. The smallest absolute Gasteiger partial charge is 0.0662 e. The molecule has 0 aliphatic rings. The van der Waals surface area contributed by atoms with E-state index in [1.165, 1.54) is 57.8 Å². The largest absolute Gasteiger partial charge is 0.394 e. The van der Waals surface area contributed by atoms with E-state index in [1.54, 1.807) is 0 Å². The molecule has 0 saturated carbocycles. The molecular weight excluding hydrogens is 388 g/mol. The van der Waals surface area contributed by atoms with Crippen molar-refractivity contribution < 1.29 is 40.9 Å². The van der Waals surface area contributed by atoms with Crippen LogP contribution in [0.15, 0.2) is 0 Å². The second-order valence-corrected chi connectivity index (χ2v) is 5.79. The zero-order valence-electron chi connectivity index (χ0n) is 17.8. The van der Waals surface area contributed by atoms with Gasteiger partial charge in [0.25, 0.3) is 0 Å². The van der Waals surface area contributed by atoms with E-state index in [9.17, 15) is 0 Å². The fourth-order valence-electron chi connectivity index (χ4n) is 1.42. The van der Waals surface area contributed by atoms with Gasteiger partial charge in [0.15, 0.2) is 0 Å². The van der Waals surface area contributed by atoms with E-state index < -0.39 is 0 Å². The lowest BCUT2D eigenvalue weighted by atomic mass is 10.1. The summed E-state index contributed by atoms with van der Waals surface area (Å²) in [7, 11) is 0. The average molecular weight is 437 g/mol. The number of hydrogen-bond donors (Lipinski definition) is 9. The van der Waals surface area contributed by atoms with Crippen molar-refractivity contribution in [1.29, 1.82) is 0 Å². The molecule has 0 radical (unpaired) electrons. The third-order valence-corrected chi connectivity index (χ3v) is 2.98. The summed E-state index contributed by atoms with van der Waals surface area (Å²) in [5.74, 6) is 1.07. The molecule has 9 heteroatoms. The SMILES string of the molecule is CCCCCCCCCCCS.OCCO.OCCO.OCCO.OCCO. The molecule has 0 amide bonds. The molecule has 0 rings (SSSR count). The van der Waals surface area contributed by atoms with Crippen LogP contribution in [0.2, 0.25) is 0 Å². The van der Waals surface area contributed by atoms with Crippen LogP contribution < -0.4 is 0 Å². The molecule has 0 aromatic rings. The van der Waals surface area contributed by atoms with Crippen LogP contribution in [0, 0.1) is 0 Å². The first kappa shape index (κ1) is 38.6. The second kappa shape index (κ2) is 56.3. The Labute approximate surface area is 177 Å². The van der Waals surface area contributed by atoms with Gasteiger partial charge in [0.05, 0.1) is 52.9 Å². The quantitative estimate of drug-likeness (QED) is 0.147. The molecule has 0 aromatic carbocycles. The molecule has 0 saturated heterocycles. The van der Waals surface area contributed by atoms with E-state index >= 15 is 0 Å². The Morgan fingerprint density at radius 1 is 0.393 bits per heavy atom. The fraction of sp³-hybridized carbons (Fsp3) is 1.00. The summed E-state index contributed by atoms with van der Waals surface area (Å²) >= 11 is 4.19. The Morgan fingerprint density at radius 2 is 0.607 bits per heavy atom. The molecule has 28 heavy (non-hydrogen) atoms. The molecule has 8 N–H and O–H groups in total. The third-order valence-electron chi connectivity index (χ3n) is 2.66. The lowest BCUT2D eigenvalue weighted by Crippen LogP contribution is -1.85. The zero-order chi connectivity index (χ0) is 22.7. The van der Waals surface area contributed by atoms with Crippen molar-refractivity contribution in [1.82, 2.24) is 0 Å². The summed E-state index contributed by atoms with van der Waals surface area (Å²) in [4.78, 5) is 0. The van der Waals surface area contributed by atoms with E-state index in [2.05, 4.69) is 19.6 Å². The first-order valence-electron chi connectivity index (χ1n) is 10.1. The highest BCUT2D eigenvalue weighted by Crippen LogP contribution is 2.09. The predicted molar refractivity (Wildman–Crippen MR) is 118 cm³/mol. The van der Waals surface area contributed by atoms with Gasteiger partial charge in [-0.15, -0.1) is 0 Å². The van der Waals surface area contributed by atoms with Gasteiger partial charge in [-0.2, -0.15) is 12.6 Å². The van der Waals surface area contributed by atoms with E-state index in [4.69, 9.17) is 40.9 Å². The molecule has 8 nitrogen and oxygen atoms in total. The number of rotatable bonds is 13. The minimum absolute atomic E-state index is 0.125. The van der Waals surface area contributed by atoms with Crippen molar-refractivity contribution in [2.45, 2.75) is 64.7 Å². The number of thiol groups is 1. The maximum atomic E-state index is 7.62. The van der Waals surface area contributed by atoms with Gasteiger partial charge in [-0.05, 0) is 12.2 Å². The Hall–Kier alpha value is 0.0300. The molecular formula is C19H48O8S. The number of aliphatic hydroxyl groups excluding tert-OH is 8. The molecule has 0 unspecified atom stereocenters. The summed E-state index contributed by atoms with van der Waals surface area (Å²) in [6.45, 7) is 1.27. The van der Waals surface area contributed by atoms with Crippen LogP contribution in [0.4, 0.5) is 0 Å². The van der Waals surface area contributed by atoms with E-state index in [0.29, 0.717) is 0 Å². The number of hydrogen-bond acceptors (Lipinski definition) is 9. The summed E-state index contributed by atoms with van der Waals surface area (Å²) < 4.78 is 0. The van der Waals surface area contributed by atoms with Crippen LogP contribution in [-0.2, 0) is 0 Å². The van der Waals surface area contributed by atoms with Crippen molar-refractivity contribution in [3.05, 3.63) is 0 Å². The van der Waals surface area contributed by atoms with Gasteiger partial charge in [0.2, 0.25) is 0 Å². The van der Waals surface area contributed by atoms with Gasteiger partial charge < -0.3 is 40.9 Å². The Bertz CT molecular complexity index is 146. The fourth-order valence-corrected chi connectivity index (χ4v) is 1.65. The second-order valence-electron chi connectivity index (χ2n) is 5.34. The van der Waals surface area contributed by atoms with Gasteiger partial charge in [-0.1, -0.05) is 58.3 Å². The molecule has 0 aliphatic carbocycles. The summed E-state index contributed by atoms with van der Waals surface area (Å²) in [6, 6.07) is 0. The van der Waals surface area contributed by atoms with Crippen molar-refractivity contribution in [3.8, 4) is 0 Å². The highest BCUT2D eigenvalue weighted by atomic mass is 32.1. The molecule has 0 fully saturated rings. The van der Waals surface area contributed by atoms with Crippen LogP contribution in [0.25, 0.3) is 0 Å². The Morgan fingerprint density at radius 3 is 0.786 bits per heavy atom. The first-order valence-corrected chi connectivity index (χ1v) is 10.7. The van der Waals surface area contributed by atoms with E-state index in [0.717, 1.165) is 5.75 Å². The van der Waals surface area contributed by atoms with Crippen LogP contribution in [0.3, 0.4) is 0 Å². The van der Waals surface area contributed by atoms with Crippen LogP contribution in [-0.4, -0.2) is 99.5 Å². The van der Waals surface area contributed by atoms with Crippen LogP contribution in [0.5, 0.6) is 0 Å². The minimum atomic E-state index is -0.125. The highest BCUT2D eigenvalue weighted by Gasteiger charge is 1.90. The summed E-state index contributed by atoms with van der Waals surface area (Å²) in [6.07, 6.45) is 12.7. The lowest BCUT2D eigenvalue weighted by Gasteiger charge is -1.99. The standard InChI is InChI=1S/C11H24S.4C2H6O2/c1-2-3-4-5-6-7-8-9-10-11-12;4*3-1-2-4/h12H,2-11H2,1H3;4*3-4H,1-2H2. The molecule has 0 bridgehead atoms. The molecule has 0 aromatic heterocycles. The molecule has 0 heterocycles. The van der Waals surface area contributed by atoms with Crippen molar-refractivity contribution in [3.63, 3.8) is 0 Å². The van der Waals surface area contributed by atoms with Gasteiger partial charge in [0, 0.05) is 0 Å². The normalized spacial score (nSPS) is 8.79. The first-order chi connectivity index (χ1) is 13.6. The zero-order valence-corrected chi connectivity index (χ0v) is 18.6. The van der Waals surface area contributed by atoms with Crippen molar-refractivity contribution in [2.24, 2.45) is 0 Å².